The summed E-state index contributed by atoms with van der Waals surface area (Å²) in [5, 5.41) is 9.18. The summed E-state index contributed by atoms with van der Waals surface area (Å²) in [5.41, 5.74) is -0.810. The maximum atomic E-state index is 11.2. The highest BCUT2D eigenvalue weighted by molar-refractivity contribution is 5.74. The van der Waals surface area contributed by atoms with Gasteiger partial charge in [-0.3, -0.25) is 4.79 Å². The fraction of sp³-hybridized carbons (Fsp3) is 0.900. The molecule has 1 aliphatic carbocycles. The van der Waals surface area contributed by atoms with Gasteiger partial charge >= 0.3 is 5.97 Å². The third-order valence-electron chi connectivity index (χ3n) is 3.38. The molecule has 1 aliphatic rings. The molecular weight excluding hydrogens is 182 g/mol. The molecule has 4 heteroatoms. The Morgan fingerprint density at radius 2 is 2.07 bits per heavy atom. The van der Waals surface area contributed by atoms with Crippen LogP contribution in [0, 0.1) is 11.3 Å². The molecule has 1 atom stereocenters. The zero-order valence-electron chi connectivity index (χ0n) is 8.66. The zero-order valence-corrected chi connectivity index (χ0v) is 8.66. The minimum Gasteiger partial charge on any atom is -0.481 e. The van der Waals surface area contributed by atoms with E-state index in [-0.39, 0.29) is 12.5 Å². The molecule has 0 bridgehead atoms. The predicted molar refractivity (Wildman–Crippen MR) is 52.5 cm³/mol. The molecule has 1 fully saturated rings. The van der Waals surface area contributed by atoms with Crippen LogP contribution in [0.15, 0.2) is 0 Å². The number of carboxylic acid groups (broad SMARTS) is 1. The lowest BCUT2D eigenvalue weighted by Gasteiger charge is -2.35. The summed E-state index contributed by atoms with van der Waals surface area (Å²) < 4.78 is 0. The topological polar surface area (TPSA) is 72.5 Å². The molecule has 1 unspecified atom stereocenters. The molecule has 3 N–H and O–H groups in total. The molecule has 1 saturated carbocycles. The van der Waals surface area contributed by atoms with Crippen molar-refractivity contribution in [2.45, 2.75) is 39.0 Å². The summed E-state index contributed by atoms with van der Waals surface area (Å²) in [6.45, 7) is 1.84. The Balaban J connectivity index is 2.69. The van der Waals surface area contributed by atoms with Gasteiger partial charge in [0.25, 0.3) is 0 Å². The second kappa shape index (κ2) is 4.75. The van der Waals surface area contributed by atoms with E-state index in [1.54, 1.807) is 6.92 Å². The monoisotopic (exact) mass is 201 g/mol. The van der Waals surface area contributed by atoms with Gasteiger partial charge in [-0.05, 0) is 25.7 Å². The standard InChI is InChI=1S/C10H19NO3/c1-10(7-14-11,9(12)13)8-5-3-2-4-6-8/h8H,2-7,11H2,1H3,(H,12,13). The number of carboxylic acids is 1. The highest BCUT2D eigenvalue weighted by Crippen LogP contribution is 2.38. The van der Waals surface area contributed by atoms with E-state index in [0.717, 1.165) is 25.7 Å². The first kappa shape index (κ1) is 11.5. The minimum absolute atomic E-state index is 0.104. The van der Waals surface area contributed by atoms with Gasteiger partial charge in [-0.2, -0.15) is 0 Å². The van der Waals surface area contributed by atoms with E-state index < -0.39 is 11.4 Å². The number of rotatable bonds is 4. The summed E-state index contributed by atoms with van der Waals surface area (Å²) in [5.74, 6) is 4.41. The lowest BCUT2D eigenvalue weighted by molar-refractivity contribution is -0.157. The molecular formula is C10H19NO3. The van der Waals surface area contributed by atoms with Crippen LogP contribution in [0.3, 0.4) is 0 Å². The Labute approximate surface area is 84.4 Å². The van der Waals surface area contributed by atoms with E-state index in [0.29, 0.717) is 0 Å². The molecule has 1 rings (SSSR count). The van der Waals surface area contributed by atoms with Crippen molar-refractivity contribution in [3.63, 3.8) is 0 Å². The third kappa shape index (κ3) is 2.25. The Bertz CT molecular complexity index is 202. The van der Waals surface area contributed by atoms with Crippen molar-refractivity contribution in [2.75, 3.05) is 6.61 Å². The van der Waals surface area contributed by atoms with Gasteiger partial charge in [-0.25, -0.2) is 5.90 Å². The fourth-order valence-electron chi connectivity index (χ4n) is 2.27. The molecule has 0 radical (unpaired) electrons. The van der Waals surface area contributed by atoms with E-state index in [1.165, 1.54) is 6.42 Å². The Morgan fingerprint density at radius 3 is 2.50 bits per heavy atom. The van der Waals surface area contributed by atoms with Crippen molar-refractivity contribution in [3.05, 3.63) is 0 Å². The number of aliphatic carboxylic acids is 1. The number of carbonyl (C=O) groups is 1. The first-order chi connectivity index (χ1) is 6.61. The van der Waals surface area contributed by atoms with Gasteiger partial charge in [0, 0.05) is 0 Å². The minimum atomic E-state index is -0.810. The molecule has 0 saturated heterocycles. The summed E-state index contributed by atoms with van der Waals surface area (Å²) in [6.07, 6.45) is 5.42. The van der Waals surface area contributed by atoms with Crippen LogP contribution in [0.5, 0.6) is 0 Å². The number of nitrogens with two attached hydrogens (primary N) is 1. The lowest BCUT2D eigenvalue weighted by Crippen LogP contribution is -2.41. The largest absolute Gasteiger partial charge is 0.481 e. The third-order valence-corrected chi connectivity index (χ3v) is 3.38. The molecule has 0 aromatic rings. The lowest BCUT2D eigenvalue weighted by atomic mass is 9.70. The molecule has 0 amide bonds. The van der Waals surface area contributed by atoms with Crippen LogP contribution in [0.4, 0.5) is 0 Å². The van der Waals surface area contributed by atoms with E-state index in [9.17, 15) is 9.90 Å². The van der Waals surface area contributed by atoms with Crippen molar-refractivity contribution in [2.24, 2.45) is 17.2 Å². The van der Waals surface area contributed by atoms with Crippen LogP contribution in [0.25, 0.3) is 0 Å². The summed E-state index contributed by atoms with van der Waals surface area (Å²) in [7, 11) is 0. The first-order valence-electron chi connectivity index (χ1n) is 5.16. The van der Waals surface area contributed by atoms with Crippen molar-refractivity contribution in [1.82, 2.24) is 0 Å². The van der Waals surface area contributed by atoms with Crippen molar-refractivity contribution in [3.8, 4) is 0 Å². The van der Waals surface area contributed by atoms with Crippen molar-refractivity contribution in [1.29, 1.82) is 0 Å². The van der Waals surface area contributed by atoms with Crippen molar-refractivity contribution < 1.29 is 14.7 Å². The smallest absolute Gasteiger partial charge is 0.312 e. The maximum Gasteiger partial charge on any atom is 0.312 e. The molecule has 0 aliphatic heterocycles. The van der Waals surface area contributed by atoms with Gasteiger partial charge in [-0.1, -0.05) is 19.3 Å². The quantitative estimate of drug-likeness (QED) is 0.677. The normalized spacial score (nSPS) is 23.0. The van der Waals surface area contributed by atoms with Crippen LogP contribution < -0.4 is 5.90 Å². The summed E-state index contributed by atoms with van der Waals surface area (Å²) >= 11 is 0. The number of hydrogen-bond acceptors (Lipinski definition) is 3. The van der Waals surface area contributed by atoms with Crippen LogP contribution in [0.1, 0.15) is 39.0 Å². The SMILES string of the molecule is CC(CON)(C(=O)O)C1CCCCC1. The average molecular weight is 201 g/mol. The second-order valence-electron chi connectivity index (χ2n) is 4.37. The van der Waals surface area contributed by atoms with Gasteiger partial charge < -0.3 is 9.94 Å². The molecule has 0 aromatic heterocycles. The highest BCUT2D eigenvalue weighted by atomic mass is 16.6. The highest BCUT2D eigenvalue weighted by Gasteiger charge is 2.41. The maximum absolute atomic E-state index is 11.2. The summed E-state index contributed by atoms with van der Waals surface area (Å²) in [6, 6.07) is 0. The molecule has 0 aromatic carbocycles. The average Bonchev–Trinajstić information content (AvgIpc) is 2.19. The van der Waals surface area contributed by atoms with Gasteiger partial charge in [-0.15, -0.1) is 0 Å². The molecule has 0 heterocycles. The number of hydrogen-bond donors (Lipinski definition) is 2. The van der Waals surface area contributed by atoms with Gasteiger partial charge in [0.2, 0.25) is 0 Å². The van der Waals surface area contributed by atoms with Gasteiger partial charge in [0.1, 0.15) is 0 Å². The van der Waals surface area contributed by atoms with E-state index in [4.69, 9.17) is 5.90 Å². The second-order valence-corrected chi connectivity index (χ2v) is 4.37. The van der Waals surface area contributed by atoms with Gasteiger partial charge in [0.15, 0.2) is 0 Å². The van der Waals surface area contributed by atoms with Gasteiger partial charge in [0.05, 0.1) is 12.0 Å². The Morgan fingerprint density at radius 1 is 1.50 bits per heavy atom. The molecule has 4 nitrogen and oxygen atoms in total. The van der Waals surface area contributed by atoms with E-state index >= 15 is 0 Å². The Hall–Kier alpha value is -0.610. The van der Waals surface area contributed by atoms with E-state index in [1.807, 2.05) is 0 Å². The zero-order chi connectivity index (χ0) is 10.6. The predicted octanol–water partition coefficient (Wildman–Crippen LogP) is 1.55. The fourth-order valence-corrected chi connectivity index (χ4v) is 2.27. The van der Waals surface area contributed by atoms with Crippen LogP contribution in [-0.2, 0) is 9.63 Å². The Kier molecular flexibility index (Phi) is 3.89. The van der Waals surface area contributed by atoms with Crippen LogP contribution in [-0.4, -0.2) is 17.7 Å². The van der Waals surface area contributed by atoms with Crippen LogP contribution in [0.2, 0.25) is 0 Å². The molecule has 0 spiro atoms. The molecule has 82 valence electrons. The molecule has 14 heavy (non-hydrogen) atoms. The first-order valence-corrected chi connectivity index (χ1v) is 5.16. The van der Waals surface area contributed by atoms with Crippen molar-refractivity contribution >= 4 is 5.97 Å². The summed E-state index contributed by atoms with van der Waals surface area (Å²) in [4.78, 5) is 15.7. The van der Waals surface area contributed by atoms with Crippen LogP contribution >= 0.6 is 0 Å². The van der Waals surface area contributed by atoms with E-state index in [2.05, 4.69) is 4.84 Å².